The summed E-state index contributed by atoms with van der Waals surface area (Å²) in [5.74, 6) is -0.825. The summed E-state index contributed by atoms with van der Waals surface area (Å²) in [6, 6.07) is 8.26. The molecule has 2 aromatic rings. The second-order valence-corrected chi connectivity index (χ2v) is 8.81. The number of amides is 2. The van der Waals surface area contributed by atoms with Crippen LogP contribution in [-0.4, -0.2) is 54.5 Å². The molecule has 3 rings (SSSR count). The molecule has 13 heteroatoms. The number of carbonyl (C=O) groups excluding carboxylic acids is 2. The van der Waals surface area contributed by atoms with E-state index in [1.165, 1.54) is 35.8 Å². The quantitative estimate of drug-likeness (QED) is 0.344. The van der Waals surface area contributed by atoms with Crippen molar-refractivity contribution in [3.63, 3.8) is 0 Å². The molecule has 39 heavy (non-hydrogen) atoms. The number of anilines is 3. The molecule has 2 amide bonds. The van der Waals surface area contributed by atoms with Gasteiger partial charge in [-0.05, 0) is 56.9 Å². The van der Waals surface area contributed by atoms with Crippen molar-refractivity contribution < 1.29 is 28.6 Å². The predicted octanol–water partition coefficient (Wildman–Crippen LogP) is 4.91. The fourth-order valence-electron chi connectivity index (χ4n) is 4.18. The zero-order valence-corrected chi connectivity index (χ0v) is 22.5. The number of nitrogens with one attached hydrogen (secondary N) is 1. The molecule has 1 aliphatic heterocycles. The Hall–Kier alpha value is -4.13. The van der Waals surface area contributed by atoms with Crippen LogP contribution in [0.1, 0.15) is 40.5 Å². The molecular formula is C26H34FN5O7. The number of benzene rings is 2. The van der Waals surface area contributed by atoms with Crippen molar-refractivity contribution in [1.29, 1.82) is 0 Å². The Morgan fingerprint density at radius 1 is 0.923 bits per heavy atom. The van der Waals surface area contributed by atoms with Gasteiger partial charge in [0.1, 0.15) is 5.69 Å². The van der Waals surface area contributed by atoms with Crippen LogP contribution < -0.4 is 15.1 Å². The molecular weight excluding hydrogens is 513 g/mol. The zero-order chi connectivity index (χ0) is 29.1. The van der Waals surface area contributed by atoms with E-state index in [1.54, 1.807) is 19.1 Å². The summed E-state index contributed by atoms with van der Waals surface area (Å²) in [7, 11) is 0. The van der Waals surface area contributed by atoms with E-state index in [0.29, 0.717) is 42.6 Å². The fraction of sp³-hybridized carbons (Fsp3) is 0.462. The van der Waals surface area contributed by atoms with E-state index in [9.17, 15) is 34.2 Å². The van der Waals surface area contributed by atoms with Crippen molar-refractivity contribution in [2.45, 2.75) is 40.5 Å². The van der Waals surface area contributed by atoms with Gasteiger partial charge < -0.3 is 19.9 Å². The number of rotatable bonds is 9. The number of halogens is 1. The summed E-state index contributed by atoms with van der Waals surface area (Å²) in [6.45, 7) is 9.40. The van der Waals surface area contributed by atoms with Crippen LogP contribution in [0, 0.1) is 32.0 Å². The number of nitro benzene ring substituents is 2. The Labute approximate surface area is 226 Å². The molecule has 0 aliphatic carbocycles. The summed E-state index contributed by atoms with van der Waals surface area (Å²) in [5, 5.41) is 25.0. The van der Waals surface area contributed by atoms with E-state index in [0.717, 1.165) is 38.2 Å². The summed E-state index contributed by atoms with van der Waals surface area (Å²) < 4.78 is 18.4. The Kier molecular flexibility index (Phi) is 11.7. The Balaban J connectivity index is 0.000000293. The molecule has 0 spiro atoms. The first-order valence-corrected chi connectivity index (χ1v) is 12.6. The molecule has 0 bridgehead atoms. The van der Waals surface area contributed by atoms with Gasteiger partial charge in [0.15, 0.2) is 0 Å². The van der Waals surface area contributed by atoms with Gasteiger partial charge in [0.05, 0.1) is 21.2 Å². The average molecular weight is 548 g/mol. The van der Waals surface area contributed by atoms with E-state index in [4.69, 9.17) is 4.74 Å². The third-order valence-electron chi connectivity index (χ3n) is 6.24. The van der Waals surface area contributed by atoms with Gasteiger partial charge in [-0.2, -0.15) is 4.39 Å². The normalized spacial score (nSPS) is 13.1. The minimum Gasteiger partial charge on any atom is -0.381 e. The molecule has 1 heterocycles. The van der Waals surface area contributed by atoms with Crippen molar-refractivity contribution in [3.05, 3.63) is 62.4 Å². The first kappa shape index (κ1) is 31.1. The van der Waals surface area contributed by atoms with Gasteiger partial charge in [-0.3, -0.25) is 29.8 Å². The average Bonchev–Trinajstić information content (AvgIpc) is 2.90. The summed E-state index contributed by atoms with van der Waals surface area (Å²) >= 11 is 0. The van der Waals surface area contributed by atoms with Crippen LogP contribution in [0.2, 0.25) is 0 Å². The minimum absolute atomic E-state index is 0.00532. The van der Waals surface area contributed by atoms with Crippen molar-refractivity contribution in [2.24, 2.45) is 5.92 Å². The number of nitrogens with zero attached hydrogens (tertiary/aromatic N) is 4. The molecule has 0 radical (unpaired) electrons. The van der Waals surface area contributed by atoms with Gasteiger partial charge in [0.25, 0.3) is 5.69 Å². The highest BCUT2D eigenvalue weighted by molar-refractivity contribution is 5.92. The summed E-state index contributed by atoms with van der Waals surface area (Å²) in [6.07, 6.45) is 1.93. The minimum atomic E-state index is -0.909. The molecule has 1 fully saturated rings. The number of ether oxygens (including phenoxy) is 1. The van der Waals surface area contributed by atoms with Gasteiger partial charge in [0.2, 0.25) is 17.6 Å². The molecule has 0 atom stereocenters. The molecule has 1 N–H and O–H groups in total. The fourth-order valence-corrected chi connectivity index (χ4v) is 4.18. The Bertz CT molecular complexity index is 1190. The second-order valence-electron chi connectivity index (χ2n) is 8.81. The zero-order valence-electron chi connectivity index (χ0n) is 22.5. The van der Waals surface area contributed by atoms with Crippen LogP contribution in [0.25, 0.3) is 0 Å². The molecule has 2 aromatic carbocycles. The summed E-state index contributed by atoms with van der Waals surface area (Å²) in [5.41, 5.74) is 0.725. The first-order chi connectivity index (χ1) is 18.5. The standard InChI is InChI=1S/C16H23N3O4.C10H11FN2O3/c1-3-18(12(2)20)14-4-5-15(16(10-14)19(21)22)17-11-13-6-8-23-9-7-13;1-3-12(7(2)14)8-4-5-9(11)10(6-8)13(15)16/h4-5,10,13,17H,3,6-9,11H2,1-2H3;4-6H,3H2,1-2H3. The first-order valence-electron chi connectivity index (χ1n) is 12.6. The maximum atomic E-state index is 13.0. The largest absolute Gasteiger partial charge is 0.381 e. The monoisotopic (exact) mass is 547 g/mol. The van der Waals surface area contributed by atoms with E-state index >= 15 is 0 Å². The second kappa shape index (κ2) is 14.7. The van der Waals surface area contributed by atoms with Gasteiger partial charge in [-0.15, -0.1) is 0 Å². The number of hydrogen-bond acceptors (Lipinski definition) is 8. The summed E-state index contributed by atoms with van der Waals surface area (Å²) in [4.78, 5) is 46.3. The van der Waals surface area contributed by atoms with Crippen molar-refractivity contribution in [2.75, 3.05) is 48.0 Å². The maximum absolute atomic E-state index is 13.0. The van der Waals surface area contributed by atoms with Crippen LogP contribution in [0.15, 0.2) is 36.4 Å². The lowest BCUT2D eigenvalue weighted by atomic mass is 10.0. The van der Waals surface area contributed by atoms with Crippen molar-refractivity contribution in [3.8, 4) is 0 Å². The van der Waals surface area contributed by atoms with Gasteiger partial charge in [-0.25, -0.2) is 0 Å². The lowest BCUT2D eigenvalue weighted by Crippen LogP contribution is -2.28. The molecule has 212 valence electrons. The Morgan fingerprint density at radius 3 is 1.87 bits per heavy atom. The highest BCUT2D eigenvalue weighted by Crippen LogP contribution is 2.30. The van der Waals surface area contributed by atoms with E-state index < -0.39 is 21.4 Å². The van der Waals surface area contributed by atoms with Gasteiger partial charge in [0, 0.05) is 58.8 Å². The third kappa shape index (κ3) is 8.70. The maximum Gasteiger partial charge on any atom is 0.306 e. The number of nitro groups is 2. The van der Waals surface area contributed by atoms with Gasteiger partial charge in [-0.1, -0.05) is 0 Å². The SMILES string of the molecule is CCN(C(C)=O)c1ccc(F)c([N+](=O)[O-])c1.CCN(C(C)=O)c1ccc(NCC2CCOCC2)c([N+](=O)[O-])c1. The van der Waals surface area contributed by atoms with E-state index in [1.807, 2.05) is 6.92 Å². The lowest BCUT2D eigenvalue weighted by molar-refractivity contribution is -0.387. The molecule has 0 saturated carbocycles. The molecule has 12 nitrogen and oxygen atoms in total. The van der Waals surface area contributed by atoms with Crippen LogP contribution in [-0.2, 0) is 14.3 Å². The number of hydrogen-bond donors (Lipinski definition) is 1. The molecule has 0 unspecified atom stereocenters. The van der Waals surface area contributed by atoms with Crippen molar-refractivity contribution >= 4 is 40.3 Å². The van der Waals surface area contributed by atoms with Gasteiger partial charge >= 0.3 is 5.69 Å². The molecule has 1 saturated heterocycles. The topological polar surface area (TPSA) is 148 Å². The van der Waals surface area contributed by atoms with Crippen LogP contribution >= 0.6 is 0 Å². The molecule has 1 aliphatic rings. The van der Waals surface area contributed by atoms with Crippen LogP contribution in [0.4, 0.5) is 32.8 Å². The van der Waals surface area contributed by atoms with E-state index in [-0.39, 0.29) is 17.5 Å². The molecule has 0 aromatic heterocycles. The van der Waals surface area contributed by atoms with E-state index in [2.05, 4.69) is 5.32 Å². The highest BCUT2D eigenvalue weighted by Gasteiger charge is 2.21. The van der Waals surface area contributed by atoms with Crippen LogP contribution in [0.3, 0.4) is 0 Å². The van der Waals surface area contributed by atoms with Crippen LogP contribution in [0.5, 0.6) is 0 Å². The highest BCUT2D eigenvalue weighted by atomic mass is 19.1. The number of carbonyl (C=O) groups is 2. The van der Waals surface area contributed by atoms with Crippen molar-refractivity contribution in [1.82, 2.24) is 0 Å². The predicted molar refractivity (Wildman–Crippen MR) is 146 cm³/mol. The smallest absolute Gasteiger partial charge is 0.306 e. The lowest BCUT2D eigenvalue weighted by Gasteiger charge is -2.23. The Morgan fingerprint density at radius 2 is 1.41 bits per heavy atom. The third-order valence-corrected chi connectivity index (χ3v) is 6.24.